The smallest absolute Gasteiger partial charge is 0.219 e. The van der Waals surface area contributed by atoms with E-state index >= 15 is 0 Å². The van der Waals surface area contributed by atoms with Crippen molar-refractivity contribution in [1.29, 1.82) is 0 Å². The molecule has 0 aliphatic heterocycles. The predicted molar refractivity (Wildman–Crippen MR) is 50.0 cm³/mol. The zero-order valence-corrected chi connectivity index (χ0v) is 10.8. The van der Waals surface area contributed by atoms with Gasteiger partial charge in [0.25, 0.3) is 9.84 Å². The van der Waals surface area contributed by atoms with Crippen LogP contribution in [0.5, 0.6) is 0 Å². The Labute approximate surface area is 119 Å². The molecule has 0 saturated heterocycles. The highest BCUT2D eigenvalue weighted by Crippen LogP contribution is 2.47. The molecule has 0 radical (unpaired) electrons. The fraction of sp³-hybridized carbons (Fsp3) is 0.333. The third kappa shape index (κ3) is 3.07. The van der Waals surface area contributed by atoms with E-state index in [9.17, 15) is 56.7 Å². The van der Waals surface area contributed by atoms with Gasteiger partial charge in [-0.15, -0.1) is 0 Å². The molecule has 1 rings (SSSR count). The monoisotopic (exact) mass is 382 g/mol. The van der Waals surface area contributed by atoms with Crippen molar-refractivity contribution in [3.05, 3.63) is 34.6 Å². The van der Waals surface area contributed by atoms with E-state index in [2.05, 4.69) is 0 Å². The van der Waals surface area contributed by atoms with E-state index in [0.717, 1.165) is 0 Å². The van der Waals surface area contributed by atoms with Crippen molar-refractivity contribution >= 4 is 9.84 Å². The molecule has 0 N–H and O–H groups in total. The molecule has 0 aliphatic carbocycles. The van der Waals surface area contributed by atoms with E-state index in [4.69, 9.17) is 0 Å². The van der Waals surface area contributed by atoms with Gasteiger partial charge >= 0.3 is 11.7 Å². The summed E-state index contributed by atoms with van der Waals surface area (Å²) in [5.74, 6) is -15.7. The number of benzene rings is 1. The molecule has 1 aromatic carbocycles. The summed E-state index contributed by atoms with van der Waals surface area (Å²) in [5.41, 5.74) is -9.83. The minimum Gasteiger partial charge on any atom is -0.219 e. The highest BCUT2D eigenvalue weighted by molar-refractivity contribution is 7.92. The van der Waals surface area contributed by atoms with Gasteiger partial charge in [0.05, 0.1) is 5.56 Å². The van der Waals surface area contributed by atoms with E-state index in [1.807, 2.05) is 0 Å². The van der Waals surface area contributed by atoms with Crippen LogP contribution in [0.4, 0.5) is 48.3 Å². The molecule has 0 aromatic heterocycles. The van der Waals surface area contributed by atoms with Crippen LogP contribution in [0.2, 0.25) is 0 Å². The molecule has 0 saturated carbocycles. The lowest BCUT2D eigenvalue weighted by Crippen LogP contribution is -2.38. The Morgan fingerprint density at radius 1 is 0.652 bits per heavy atom. The van der Waals surface area contributed by atoms with Crippen LogP contribution in [0.15, 0.2) is 0 Å². The van der Waals surface area contributed by atoms with Gasteiger partial charge in [-0.3, -0.25) is 0 Å². The average molecular weight is 382 g/mol. The summed E-state index contributed by atoms with van der Waals surface area (Å²) in [7, 11) is -7.40. The molecular weight excluding hydrogens is 381 g/mol. The predicted octanol–water partition coefficient (Wildman–Crippen LogP) is 3.92. The number of hydrogen-bond acceptors (Lipinski definition) is 2. The Balaban J connectivity index is 3.95. The van der Waals surface area contributed by atoms with Crippen molar-refractivity contribution < 1.29 is 56.7 Å². The van der Waals surface area contributed by atoms with E-state index in [-0.39, 0.29) is 0 Å². The SMILES string of the molecule is O=S(=O)(C(c1c(F)c(F)c(F)c(F)c1F)C(F)(F)F)C(F)(F)F. The van der Waals surface area contributed by atoms with Crippen LogP contribution >= 0.6 is 0 Å². The van der Waals surface area contributed by atoms with Crippen LogP contribution in [-0.2, 0) is 9.84 Å². The maximum atomic E-state index is 13.2. The molecule has 0 amide bonds. The average Bonchev–Trinajstić information content (AvgIpc) is 2.36. The molecule has 0 aliphatic rings. The summed E-state index contributed by atoms with van der Waals surface area (Å²) in [6, 6.07) is 0. The van der Waals surface area contributed by atoms with E-state index in [0.29, 0.717) is 0 Å². The summed E-state index contributed by atoms with van der Waals surface area (Å²) in [6.45, 7) is 0. The molecule has 2 nitrogen and oxygen atoms in total. The highest BCUT2D eigenvalue weighted by atomic mass is 32.2. The zero-order valence-electron chi connectivity index (χ0n) is 9.96. The Morgan fingerprint density at radius 3 is 1.22 bits per heavy atom. The number of sulfone groups is 1. The topological polar surface area (TPSA) is 34.1 Å². The fourth-order valence-corrected chi connectivity index (χ4v) is 2.62. The maximum absolute atomic E-state index is 13.2. The van der Waals surface area contributed by atoms with Crippen molar-refractivity contribution in [2.24, 2.45) is 0 Å². The Bertz CT molecular complexity index is 702. The van der Waals surface area contributed by atoms with E-state index in [1.165, 1.54) is 0 Å². The van der Waals surface area contributed by atoms with Gasteiger partial charge in [-0.05, 0) is 0 Å². The van der Waals surface area contributed by atoms with Crippen molar-refractivity contribution in [1.82, 2.24) is 0 Å². The Hall–Kier alpha value is -1.60. The first-order valence-corrected chi connectivity index (χ1v) is 6.48. The molecule has 0 heterocycles. The molecule has 1 unspecified atom stereocenters. The summed E-state index contributed by atoms with van der Waals surface area (Å²) in [6.07, 6.45) is -6.52. The maximum Gasteiger partial charge on any atom is 0.498 e. The zero-order chi connectivity index (χ0) is 18.5. The fourth-order valence-electron chi connectivity index (χ4n) is 1.48. The Kier molecular flexibility index (Phi) is 4.64. The van der Waals surface area contributed by atoms with Crippen molar-refractivity contribution in [3.8, 4) is 0 Å². The van der Waals surface area contributed by atoms with Crippen LogP contribution < -0.4 is 0 Å². The second kappa shape index (κ2) is 5.49. The first kappa shape index (κ1) is 19.4. The molecule has 132 valence electrons. The molecule has 0 spiro atoms. The first-order chi connectivity index (χ1) is 10.0. The third-order valence-electron chi connectivity index (χ3n) is 2.44. The van der Waals surface area contributed by atoms with E-state index < -0.39 is 61.4 Å². The van der Waals surface area contributed by atoms with Crippen LogP contribution in [0.25, 0.3) is 0 Å². The van der Waals surface area contributed by atoms with Crippen molar-refractivity contribution in [2.75, 3.05) is 0 Å². The standard InChI is InChI=1S/C9HF11O2S/c10-2-1(3(11)5(13)6(14)4(2)12)7(8(15,16)17)23(21,22)9(18,19)20/h7H. The molecule has 0 fully saturated rings. The van der Waals surface area contributed by atoms with Crippen LogP contribution in [0, 0.1) is 29.1 Å². The van der Waals surface area contributed by atoms with Gasteiger partial charge in [-0.25, -0.2) is 30.4 Å². The molecule has 0 bridgehead atoms. The van der Waals surface area contributed by atoms with Gasteiger partial charge < -0.3 is 0 Å². The summed E-state index contributed by atoms with van der Waals surface area (Å²) < 4.78 is 161. The summed E-state index contributed by atoms with van der Waals surface area (Å²) >= 11 is 0. The summed E-state index contributed by atoms with van der Waals surface area (Å²) in [4.78, 5) is 0. The number of hydrogen-bond donors (Lipinski definition) is 0. The summed E-state index contributed by atoms with van der Waals surface area (Å²) in [5, 5.41) is -5.03. The van der Waals surface area contributed by atoms with Gasteiger partial charge in [0.1, 0.15) is 0 Å². The lowest BCUT2D eigenvalue weighted by Gasteiger charge is -2.23. The number of alkyl halides is 6. The van der Waals surface area contributed by atoms with Gasteiger partial charge in [-0.1, -0.05) is 0 Å². The van der Waals surface area contributed by atoms with Gasteiger partial charge in [0.15, 0.2) is 28.5 Å². The molecule has 14 heteroatoms. The molecule has 1 atom stereocenters. The normalized spacial score (nSPS) is 14.9. The first-order valence-electron chi connectivity index (χ1n) is 4.93. The molecule has 1 aromatic rings. The molecule has 23 heavy (non-hydrogen) atoms. The number of halogens is 11. The quantitative estimate of drug-likeness (QED) is 0.442. The second-order valence-electron chi connectivity index (χ2n) is 3.90. The van der Waals surface area contributed by atoms with Crippen LogP contribution in [0.1, 0.15) is 10.8 Å². The Morgan fingerprint density at radius 2 is 0.957 bits per heavy atom. The third-order valence-corrected chi connectivity index (χ3v) is 4.20. The largest absolute Gasteiger partial charge is 0.498 e. The van der Waals surface area contributed by atoms with Crippen molar-refractivity contribution in [2.45, 2.75) is 16.9 Å². The van der Waals surface area contributed by atoms with Crippen molar-refractivity contribution in [3.63, 3.8) is 0 Å². The minimum atomic E-state index is -7.40. The van der Waals surface area contributed by atoms with Gasteiger partial charge in [0, 0.05) is 0 Å². The lowest BCUT2D eigenvalue weighted by atomic mass is 10.1. The lowest BCUT2D eigenvalue weighted by molar-refractivity contribution is -0.137. The van der Waals surface area contributed by atoms with Gasteiger partial charge in [0.2, 0.25) is 5.82 Å². The number of rotatable bonds is 2. The second-order valence-corrected chi connectivity index (χ2v) is 5.92. The van der Waals surface area contributed by atoms with Gasteiger partial charge in [-0.2, -0.15) is 26.3 Å². The minimum absolute atomic E-state index is 2.96. The van der Waals surface area contributed by atoms with Crippen LogP contribution in [-0.4, -0.2) is 20.1 Å². The van der Waals surface area contributed by atoms with E-state index in [1.54, 1.807) is 0 Å². The highest BCUT2D eigenvalue weighted by Gasteiger charge is 2.63. The van der Waals surface area contributed by atoms with Crippen LogP contribution in [0.3, 0.4) is 0 Å². The molecular formula is C9HF11O2S.